The van der Waals surface area contributed by atoms with Gasteiger partial charge in [0.25, 0.3) is 0 Å². The average Bonchev–Trinajstić information content (AvgIpc) is 3.69. The molecule has 7 heterocycles. The highest BCUT2D eigenvalue weighted by Crippen LogP contribution is 2.57. The minimum absolute atomic E-state index is 0.0837. The van der Waals surface area contributed by atoms with Gasteiger partial charge in [-0.15, -0.1) is 23.1 Å². The number of halogens is 1. The number of nitriles is 1. The number of fused-ring (bicyclic) bond motifs is 3. The molecule has 0 bridgehead atoms. The number of hydrogen-bond donors (Lipinski definition) is 3. The minimum Gasteiger partial charge on any atom is -0.461 e. The number of carbonyl (C=O) groups is 1. The number of nitrogen functional groups attached to an aromatic ring is 2. The van der Waals surface area contributed by atoms with Crippen LogP contribution in [0.2, 0.25) is 0 Å². The molecule has 4 aliphatic heterocycles. The zero-order valence-corrected chi connectivity index (χ0v) is 25.5. The Hall–Kier alpha value is -3.94. The topological polar surface area (TPSA) is 189 Å². The highest BCUT2D eigenvalue weighted by molar-refractivity contribution is 8.00. The smallest absolute Gasteiger partial charge is 0.323 e. The van der Waals surface area contributed by atoms with Crippen molar-refractivity contribution < 1.29 is 13.9 Å². The SMILES string of the molecule is N#Cc1c(N)sc2c1C1(CN(c3nc(OC[C@@]45CCCN4C[C@H](F)C5)nc(N(CC(N)=O)Cc4cccnc4N)n3)C1)SC2. The van der Waals surface area contributed by atoms with Gasteiger partial charge in [-0.25, -0.2) is 9.37 Å². The van der Waals surface area contributed by atoms with Crippen molar-refractivity contribution >= 4 is 51.7 Å². The van der Waals surface area contributed by atoms with Crippen LogP contribution < -0.4 is 31.7 Å². The van der Waals surface area contributed by atoms with Crippen LogP contribution in [0.4, 0.5) is 27.1 Å². The average molecular weight is 638 g/mol. The summed E-state index contributed by atoms with van der Waals surface area (Å²) in [6.45, 7) is 2.60. The first-order chi connectivity index (χ1) is 21.2. The lowest BCUT2D eigenvalue weighted by Gasteiger charge is -2.47. The van der Waals surface area contributed by atoms with E-state index in [9.17, 15) is 14.4 Å². The molecule has 13 nitrogen and oxygen atoms in total. The Labute approximate surface area is 261 Å². The van der Waals surface area contributed by atoms with Gasteiger partial charge >= 0.3 is 6.01 Å². The molecule has 0 saturated carbocycles. The number of primary amides is 1. The summed E-state index contributed by atoms with van der Waals surface area (Å²) in [4.78, 5) is 37.3. The fraction of sp³-hybridized carbons (Fsp3) is 0.500. The first-order valence-corrected chi connectivity index (χ1v) is 16.2. The number of amides is 1. The number of thioether (sulfide) groups is 1. The van der Waals surface area contributed by atoms with E-state index in [0.29, 0.717) is 53.9 Å². The second kappa shape index (κ2) is 10.9. The molecule has 3 saturated heterocycles. The van der Waals surface area contributed by atoms with E-state index in [2.05, 4.69) is 25.9 Å². The van der Waals surface area contributed by atoms with E-state index < -0.39 is 17.6 Å². The van der Waals surface area contributed by atoms with E-state index >= 15 is 0 Å². The number of anilines is 4. The molecule has 0 aliphatic carbocycles. The van der Waals surface area contributed by atoms with Gasteiger partial charge in [0.05, 0.1) is 28.9 Å². The van der Waals surface area contributed by atoms with Gasteiger partial charge in [0, 0.05) is 54.0 Å². The van der Waals surface area contributed by atoms with Gasteiger partial charge in [-0.3, -0.25) is 9.69 Å². The van der Waals surface area contributed by atoms with Gasteiger partial charge in [-0.1, -0.05) is 6.07 Å². The normalized spacial score (nSPS) is 23.3. The maximum Gasteiger partial charge on any atom is 0.323 e. The van der Waals surface area contributed by atoms with Gasteiger partial charge in [0.1, 0.15) is 29.7 Å². The summed E-state index contributed by atoms with van der Waals surface area (Å²) in [6, 6.07) is 5.94. The monoisotopic (exact) mass is 637 g/mol. The predicted molar refractivity (Wildman–Crippen MR) is 166 cm³/mol. The molecule has 0 radical (unpaired) electrons. The lowest BCUT2D eigenvalue weighted by molar-refractivity contribution is -0.116. The zero-order valence-electron chi connectivity index (χ0n) is 23.9. The molecule has 0 aromatic carbocycles. The van der Waals surface area contributed by atoms with E-state index in [4.69, 9.17) is 26.9 Å². The standard InChI is InChI=1S/C28H32FN11O2S2/c29-17-7-27(4-2-6-40(27)10-17)15-42-26-36-24(38(11-20(31)41)9-16-3-1-5-34-22(16)32)35-25(37-26)39-13-28(14-39)21-18(8-30)23(33)44-19(21)12-43-28/h1,3,5,17H,2,4,6-7,9-15,33H2,(H2,31,41)(H2,32,34)/t17-,27+/m1/s1. The molecule has 0 unspecified atom stereocenters. The Morgan fingerprint density at radius 3 is 2.91 bits per heavy atom. The fourth-order valence-electron chi connectivity index (χ4n) is 6.94. The second-order valence-corrected chi connectivity index (χ2v) is 14.3. The summed E-state index contributed by atoms with van der Waals surface area (Å²) in [5.74, 6) is 1.10. The molecule has 3 fully saturated rings. The van der Waals surface area contributed by atoms with Crippen molar-refractivity contribution in [2.75, 3.05) is 60.6 Å². The third-order valence-corrected chi connectivity index (χ3v) is 11.6. The van der Waals surface area contributed by atoms with Crippen molar-refractivity contribution in [3.05, 3.63) is 39.9 Å². The second-order valence-electron chi connectivity index (χ2n) is 11.8. The molecular formula is C28H32FN11O2S2. The van der Waals surface area contributed by atoms with E-state index in [1.807, 2.05) is 11.0 Å². The van der Waals surface area contributed by atoms with Gasteiger partial charge < -0.3 is 31.7 Å². The van der Waals surface area contributed by atoms with Crippen LogP contribution in [0.3, 0.4) is 0 Å². The van der Waals surface area contributed by atoms with Crippen LogP contribution in [0.1, 0.15) is 40.8 Å². The summed E-state index contributed by atoms with van der Waals surface area (Å²) in [5, 5.41) is 10.4. The Balaban J connectivity index is 1.21. The Morgan fingerprint density at radius 2 is 2.14 bits per heavy atom. The summed E-state index contributed by atoms with van der Waals surface area (Å²) in [6.07, 6.45) is 2.92. The Morgan fingerprint density at radius 1 is 1.30 bits per heavy atom. The quantitative estimate of drug-likeness (QED) is 0.308. The molecule has 230 valence electrons. The number of hydrogen-bond acceptors (Lipinski definition) is 14. The molecule has 1 amide bonds. The lowest BCUT2D eigenvalue weighted by atomic mass is 9.88. The molecule has 1 spiro atoms. The van der Waals surface area contributed by atoms with Crippen LogP contribution >= 0.6 is 23.1 Å². The molecular weight excluding hydrogens is 606 g/mol. The summed E-state index contributed by atoms with van der Waals surface area (Å²) in [5.41, 5.74) is 19.8. The Bertz CT molecular complexity index is 1660. The van der Waals surface area contributed by atoms with Gasteiger partial charge in [-0.2, -0.15) is 20.2 Å². The fourth-order valence-corrected chi connectivity index (χ4v) is 9.74. The number of thiophene rings is 1. The van der Waals surface area contributed by atoms with E-state index in [1.54, 1.807) is 28.9 Å². The number of carbonyl (C=O) groups excluding carboxylic acids is 1. The number of aromatic nitrogens is 4. The summed E-state index contributed by atoms with van der Waals surface area (Å²) >= 11 is 3.27. The van der Waals surface area contributed by atoms with Crippen LogP contribution in [-0.4, -0.2) is 81.8 Å². The molecule has 6 N–H and O–H groups in total. The summed E-state index contributed by atoms with van der Waals surface area (Å²) in [7, 11) is 0. The van der Waals surface area contributed by atoms with Gasteiger partial charge in [0.2, 0.25) is 17.8 Å². The van der Waals surface area contributed by atoms with Gasteiger partial charge in [-0.05, 0) is 25.5 Å². The number of pyridine rings is 1. The van der Waals surface area contributed by atoms with Gasteiger partial charge in [0.15, 0.2) is 0 Å². The largest absolute Gasteiger partial charge is 0.461 e. The van der Waals surface area contributed by atoms with Crippen LogP contribution in [0.25, 0.3) is 0 Å². The maximum absolute atomic E-state index is 14.4. The first kappa shape index (κ1) is 28.8. The van der Waals surface area contributed by atoms with E-state index in [1.165, 1.54) is 11.3 Å². The number of alkyl halides is 1. The maximum atomic E-state index is 14.4. The predicted octanol–water partition coefficient (Wildman–Crippen LogP) is 1.77. The highest BCUT2D eigenvalue weighted by Gasteiger charge is 2.53. The van der Waals surface area contributed by atoms with Crippen molar-refractivity contribution in [3.8, 4) is 12.1 Å². The number of ether oxygens (including phenoxy) is 1. The zero-order chi connectivity index (χ0) is 30.6. The summed E-state index contributed by atoms with van der Waals surface area (Å²) < 4.78 is 20.4. The molecule has 3 aromatic heterocycles. The molecule has 7 rings (SSSR count). The van der Waals surface area contributed by atoms with Crippen molar-refractivity contribution in [2.24, 2.45) is 5.73 Å². The third-order valence-electron chi connectivity index (χ3n) is 8.97. The van der Waals surface area contributed by atoms with Crippen molar-refractivity contribution in [1.29, 1.82) is 5.26 Å². The van der Waals surface area contributed by atoms with Crippen molar-refractivity contribution in [2.45, 2.75) is 48.0 Å². The van der Waals surface area contributed by atoms with Crippen molar-refractivity contribution in [1.82, 2.24) is 24.8 Å². The van der Waals surface area contributed by atoms with E-state index in [0.717, 1.165) is 35.6 Å². The lowest BCUT2D eigenvalue weighted by Crippen LogP contribution is -2.57. The highest BCUT2D eigenvalue weighted by atomic mass is 32.2. The van der Waals surface area contributed by atoms with Crippen LogP contribution in [-0.2, 0) is 21.8 Å². The Kier molecular flexibility index (Phi) is 7.13. The number of nitrogens with two attached hydrogens (primary N) is 3. The number of rotatable bonds is 9. The van der Waals surface area contributed by atoms with Crippen LogP contribution in [0.5, 0.6) is 6.01 Å². The van der Waals surface area contributed by atoms with Crippen LogP contribution in [0, 0.1) is 11.3 Å². The molecule has 3 aromatic rings. The molecule has 4 aliphatic rings. The molecule has 16 heteroatoms. The molecule has 44 heavy (non-hydrogen) atoms. The minimum atomic E-state index is -0.894. The first-order valence-electron chi connectivity index (χ1n) is 14.4. The van der Waals surface area contributed by atoms with Crippen molar-refractivity contribution in [3.63, 3.8) is 0 Å². The van der Waals surface area contributed by atoms with E-state index in [-0.39, 0.29) is 36.4 Å². The number of nitrogens with zero attached hydrogens (tertiary/aromatic N) is 8. The van der Waals surface area contributed by atoms with Crippen LogP contribution in [0.15, 0.2) is 18.3 Å². The molecule has 2 atom stereocenters. The third kappa shape index (κ3) is 4.92.